The van der Waals surface area contributed by atoms with Crippen LogP contribution in [-0.2, 0) is 0 Å². The summed E-state index contributed by atoms with van der Waals surface area (Å²) in [7, 11) is 0. The van der Waals surface area contributed by atoms with Gasteiger partial charge in [0.25, 0.3) is 0 Å². The summed E-state index contributed by atoms with van der Waals surface area (Å²) in [5, 5.41) is 0. The highest BCUT2D eigenvalue weighted by molar-refractivity contribution is 5.58. The van der Waals surface area contributed by atoms with Gasteiger partial charge in [-0.05, 0) is 38.5 Å². The Kier molecular flexibility index (Phi) is 2.48. The molecule has 1 rings (SSSR count). The van der Waals surface area contributed by atoms with E-state index in [4.69, 9.17) is 4.42 Å². The Morgan fingerprint density at radius 3 is 2.67 bits per heavy atom. The number of rotatable bonds is 1. The molecule has 0 bridgehead atoms. The van der Waals surface area contributed by atoms with E-state index in [1.165, 1.54) is 0 Å². The van der Waals surface area contributed by atoms with Crippen LogP contribution in [0.4, 0.5) is 0 Å². The fourth-order valence-corrected chi connectivity index (χ4v) is 0.837. The van der Waals surface area contributed by atoms with Crippen molar-refractivity contribution >= 4 is 5.57 Å². The van der Waals surface area contributed by atoms with Crippen LogP contribution in [0.3, 0.4) is 0 Å². The molecule has 1 heterocycles. The van der Waals surface area contributed by atoms with Gasteiger partial charge in [0.2, 0.25) is 0 Å². The SMILES string of the molecule is C/C=C(/C)c1ccc(C)c(=O)o1. The lowest BCUT2D eigenvalue weighted by Gasteiger charge is -1.98. The molecule has 0 amide bonds. The van der Waals surface area contributed by atoms with Crippen LogP contribution in [0.2, 0.25) is 0 Å². The van der Waals surface area contributed by atoms with Crippen molar-refractivity contribution in [3.05, 3.63) is 40.0 Å². The molecule has 0 saturated carbocycles. The van der Waals surface area contributed by atoms with Crippen LogP contribution in [0.25, 0.3) is 5.57 Å². The molecule has 0 N–H and O–H groups in total. The molecule has 0 atom stereocenters. The first-order chi connectivity index (χ1) is 5.65. The summed E-state index contributed by atoms with van der Waals surface area (Å²) >= 11 is 0. The summed E-state index contributed by atoms with van der Waals surface area (Å²) in [6.45, 7) is 5.56. The monoisotopic (exact) mass is 164 g/mol. The third kappa shape index (κ3) is 1.64. The average molecular weight is 164 g/mol. The van der Waals surface area contributed by atoms with Crippen LogP contribution < -0.4 is 5.63 Å². The minimum Gasteiger partial charge on any atom is -0.423 e. The number of hydrogen-bond acceptors (Lipinski definition) is 2. The van der Waals surface area contributed by atoms with Gasteiger partial charge in [-0.1, -0.05) is 6.08 Å². The molecule has 0 aliphatic carbocycles. The van der Waals surface area contributed by atoms with E-state index in [0.29, 0.717) is 11.3 Å². The summed E-state index contributed by atoms with van der Waals surface area (Å²) in [4.78, 5) is 11.1. The zero-order valence-corrected chi connectivity index (χ0v) is 7.55. The molecule has 1 aromatic rings. The van der Waals surface area contributed by atoms with Crippen molar-refractivity contribution in [1.29, 1.82) is 0 Å². The van der Waals surface area contributed by atoms with Crippen LogP contribution in [-0.4, -0.2) is 0 Å². The molecule has 0 aliphatic rings. The average Bonchev–Trinajstić information content (AvgIpc) is 2.08. The fourth-order valence-electron chi connectivity index (χ4n) is 0.837. The zero-order valence-electron chi connectivity index (χ0n) is 7.55. The summed E-state index contributed by atoms with van der Waals surface area (Å²) in [5.74, 6) is 0.646. The minimum atomic E-state index is -0.256. The second-order valence-electron chi connectivity index (χ2n) is 2.74. The van der Waals surface area contributed by atoms with Gasteiger partial charge in [-0.15, -0.1) is 0 Å². The molecular weight excluding hydrogens is 152 g/mol. The highest BCUT2D eigenvalue weighted by Crippen LogP contribution is 2.10. The second kappa shape index (κ2) is 3.39. The predicted molar refractivity (Wildman–Crippen MR) is 49.0 cm³/mol. The summed E-state index contributed by atoms with van der Waals surface area (Å²) in [6, 6.07) is 3.58. The zero-order chi connectivity index (χ0) is 9.14. The van der Waals surface area contributed by atoms with E-state index >= 15 is 0 Å². The van der Waals surface area contributed by atoms with Crippen molar-refractivity contribution in [1.82, 2.24) is 0 Å². The van der Waals surface area contributed by atoms with E-state index in [-0.39, 0.29) is 5.63 Å². The van der Waals surface area contributed by atoms with Crippen LogP contribution >= 0.6 is 0 Å². The van der Waals surface area contributed by atoms with Gasteiger partial charge in [0.1, 0.15) is 5.76 Å². The molecule has 0 radical (unpaired) electrons. The maximum atomic E-state index is 11.1. The fraction of sp³-hybridized carbons (Fsp3) is 0.300. The van der Waals surface area contributed by atoms with Crippen molar-refractivity contribution in [3.8, 4) is 0 Å². The maximum absolute atomic E-state index is 11.1. The van der Waals surface area contributed by atoms with E-state index in [1.807, 2.05) is 26.0 Å². The summed E-state index contributed by atoms with van der Waals surface area (Å²) in [5.41, 5.74) is 1.36. The maximum Gasteiger partial charge on any atom is 0.339 e. The van der Waals surface area contributed by atoms with Crippen molar-refractivity contribution in [2.45, 2.75) is 20.8 Å². The summed E-state index contributed by atoms with van der Waals surface area (Å²) < 4.78 is 5.04. The van der Waals surface area contributed by atoms with Gasteiger partial charge in [-0.2, -0.15) is 0 Å². The second-order valence-corrected chi connectivity index (χ2v) is 2.74. The Bertz CT molecular complexity index is 358. The third-order valence-corrected chi connectivity index (χ3v) is 1.83. The molecule has 0 saturated heterocycles. The Morgan fingerprint density at radius 2 is 2.17 bits per heavy atom. The van der Waals surface area contributed by atoms with E-state index in [9.17, 15) is 4.79 Å². The molecular formula is C10H12O2. The van der Waals surface area contributed by atoms with Gasteiger partial charge in [-0.25, -0.2) is 4.79 Å². The standard InChI is InChI=1S/C10H12O2/c1-4-7(2)9-6-5-8(3)10(11)12-9/h4-6H,1-3H3/b7-4-. The first-order valence-corrected chi connectivity index (χ1v) is 3.89. The molecule has 0 unspecified atom stereocenters. The van der Waals surface area contributed by atoms with Crippen molar-refractivity contribution < 1.29 is 4.42 Å². The highest BCUT2D eigenvalue weighted by Gasteiger charge is 1.99. The van der Waals surface area contributed by atoms with Gasteiger partial charge >= 0.3 is 5.63 Å². The van der Waals surface area contributed by atoms with Gasteiger partial charge in [-0.3, -0.25) is 0 Å². The normalized spacial score (nSPS) is 11.8. The molecule has 0 aromatic carbocycles. The van der Waals surface area contributed by atoms with E-state index < -0.39 is 0 Å². The molecule has 0 fully saturated rings. The van der Waals surface area contributed by atoms with Crippen LogP contribution in [0.1, 0.15) is 25.2 Å². The van der Waals surface area contributed by atoms with E-state index in [1.54, 1.807) is 13.0 Å². The molecule has 0 aliphatic heterocycles. The minimum absolute atomic E-state index is 0.256. The van der Waals surface area contributed by atoms with Crippen molar-refractivity contribution in [2.24, 2.45) is 0 Å². The van der Waals surface area contributed by atoms with Crippen LogP contribution in [0.15, 0.2) is 27.4 Å². The third-order valence-electron chi connectivity index (χ3n) is 1.83. The van der Waals surface area contributed by atoms with Gasteiger partial charge in [0, 0.05) is 5.56 Å². The van der Waals surface area contributed by atoms with E-state index in [2.05, 4.69) is 0 Å². The Hall–Kier alpha value is -1.31. The largest absolute Gasteiger partial charge is 0.423 e. The van der Waals surface area contributed by atoms with Crippen molar-refractivity contribution in [2.75, 3.05) is 0 Å². The lowest BCUT2D eigenvalue weighted by Crippen LogP contribution is -2.03. The molecule has 12 heavy (non-hydrogen) atoms. The molecule has 2 nitrogen and oxygen atoms in total. The molecule has 64 valence electrons. The predicted octanol–water partition coefficient (Wildman–Crippen LogP) is 2.37. The number of aryl methyl sites for hydroxylation is 1. The molecule has 2 heteroatoms. The Labute approximate surface area is 71.5 Å². The van der Waals surface area contributed by atoms with E-state index in [0.717, 1.165) is 5.57 Å². The molecule has 0 spiro atoms. The Balaban J connectivity index is 3.23. The first-order valence-electron chi connectivity index (χ1n) is 3.89. The number of hydrogen-bond donors (Lipinski definition) is 0. The lowest BCUT2D eigenvalue weighted by atomic mass is 10.2. The number of allylic oxidation sites excluding steroid dienone is 2. The smallest absolute Gasteiger partial charge is 0.339 e. The highest BCUT2D eigenvalue weighted by atomic mass is 16.4. The quantitative estimate of drug-likeness (QED) is 0.637. The first kappa shape index (κ1) is 8.78. The Morgan fingerprint density at radius 1 is 1.50 bits per heavy atom. The topological polar surface area (TPSA) is 30.2 Å². The van der Waals surface area contributed by atoms with Gasteiger partial charge in [0.15, 0.2) is 0 Å². The van der Waals surface area contributed by atoms with Crippen LogP contribution in [0, 0.1) is 6.92 Å². The van der Waals surface area contributed by atoms with Gasteiger partial charge in [0.05, 0.1) is 0 Å². The van der Waals surface area contributed by atoms with Gasteiger partial charge < -0.3 is 4.42 Å². The van der Waals surface area contributed by atoms with Crippen LogP contribution in [0.5, 0.6) is 0 Å². The summed E-state index contributed by atoms with van der Waals surface area (Å²) in [6.07, 6.45) is 1.91. The van der Waals surface area contributed by atoms with Crippen molar-refractivity contribution in [3.63, 3.8) is 0 Å². The molecule has 1 aromatic heterocycles. The lowest BCUT2D eigenvalue weighted by molar-refractivity contribution is 0.492.